The Kier molecular flexibility index (Phi) is 9.85. The lowest BCUT2D eigenvalue weighted by atomic mass is 10.0. The van der Waals surface area contributed by atoms with Gasteiger partial charge in [0.05, 0.1) is 6.54 Å². The lowest BCUT2D eigenvalue weighted by Gasteiger charge is -2.25. The van der Waals surface area contributed by atoms with Gasteiger partial charge in [0, 0.05) is 25.2 Å². The highest BCUT2D eigenvalue weighted by molar-refractivity contribution is 5.97. The van der Waals surface area contributed by atoms with Crippen LogP contribution in [0, 0.1) is 5.92 Å². The van der Waals surface area contributed by atoms with Gasteiger partial charge in [-0.05, 0) is 37.7 Å². The van der Waals surface area contributed by atoms with Crippen molar-refractivity contribution in [2.24, 2.45) is 5.92 Å². The van der Waals surface area contributed by atoms with Crippen molar-refractivity contribution in [3.05, 3.63) is 72.7 Å². The molecule has 0 fully saturated rings. The normalized spacial score (nSPS) is 16.6. The van der Waals surface area contributed by atoms with Crippen LogP contribution in [0.5, 0.6) is 0 Å². The molecule has 4 N–H and O–H groups in total. The summed E-state index contributed by atoms with van der Waals surface area (Å²) in [5.74, 6) is -1.55. The number of fused-ring (bicyclic) bond motifs is 14. The summed E-state index contributed by atoms with van der Waals surface area (Å²) in [6.45, 7) is 5.11. The molecule has 0 aliphatic carbocycles. The third-order valence-corrected chi connectivity index (χ3v) is 8.24. The van der Waals surface area contributed by atoms with Crippen LogP contribution in [-0.4, -0.2) is 86.8 Å². The van der Waals surface area contributed by atoms with Crippen LogP contribution >= 0.6 is 0 Å². The van der Waals surface area contributed by atoms with Crippen LogP contribution in [0.1, 0.15) is 35.8 Å². The number of anilines is 1. The van der Waals surface area contributed by atoms with Gasteiger partial charge in [0.2, 0.25) is 41.3 Å². The van der Waals surface area contributed by atoms with Crippen LogP contribution in [-0.2, 0) is 22.6 Å². The van der Waals surface area contributed by atoms with Crippen molar-refractivity contribution in [2.75, 3.05) is 32.5 Å². The van der Waals surface area contributed by atoms with Crippen molar-refractivity contribution >= 4 is 23.4 Å². The Hall–Kier alpha value is -6.56. The van der Waals surface area contributed by atoms with Gasteiger partial charge in [-0.3, -0.25) is 14.4 Å². The molecule has 274 valence electrons. The molecule has 0 saturated carbocycles. The van der Waals surface area contributed by atoms with Crippen LogP contribution in [0.3, 0.4) is 0 Å². The first kappa shape index (κ1) is 34.9. The highest BCUT2D eigenvalue weighted by Crippen LogP contribution is 2.28. The zero-order valence-corrected chi connectivity index (χ0v) is 29.2. The minimum Gasteiger partial charge on any atom is -0.446 e. The number of benzene rings is 1. The second kappa shape index (κ2) is 15.0. The molecule has 6 aromatic rings. The predicted octanol–water partition coefficient (Wildman–Crippen LogP) is 3.38. The van der Waals surface area contributed by atoms with E-state index in [1.54, 1.807) is 13.8 Å². The monoisotopic (exact) mass is 724 g/mol. The van der Waals surface area contributed by atoms with Crippen molar-refractivity contribution in [1.82, 2.24) is 45.8 Å². The Balaban J connectivity index is 1.18. The Morgan fingerprint density at radius 2 is 1.25 bits per heavy atom. The highest BCUT2D eigenvalue weighted by atomic mass is 16.4. The molecule has 10 bridgehead atoms. The minimum absolute atomic E-state index is 0.00801. The molecule has 0 spiro atoms. The van der Waals surface area contributed by atoms with E-state index in [1.807, 2.05) is 38.4 Å². The predicted molar refractivity (Wildman–Crippen MR) is 186 cm³/mol. The number of nitrogens with zero attached hydrogens (tertiary/aromatic N) is 6. The molecule has 6 heterocycles. The second-order valence-corrected chi connectivity index (χ2v) is 12.9. The van der Waals surface area contributed by atoms with Gasteiger partial charge >= 0.3 is 0 Å². The van der Waals surface area contributed by atoms with Crippen molar-refractivity contribution in [1.29, 1.82) is 0 Å². The number of amides is 3. The average molecular weight is 725 g/mol. The van der Waals surface area contributed by atoms with Gasteiger partial charge in [0.15, 0.2) is 28.5 Å². The molecule has 53 heavy (non-hydrogen) atoms. The van der Waals surface area contributed by atoms with Gasteiger partial charge in [-0.2, -0.15) is 0 Å². The van der Waals surface area contributed by atoms with Gasteiger partial charge in [-0.25, -0.2) is 24.9 Å². The van der Waals surface area contributed by atoms with Crippen LogP contribution in [0.4, 0.5) is 5.69 Å². The van der Waals surface area contributed by atoms with Gasteiger partial charge in [0.25, 0.3) is 5.91 Å². The molecule has 1 aliphatic rings. The molecular formula is C35H36N10O8. The lowest BCUT2D eigenvalue weighted by molar-refractivity contribution is -0.131. The number of carbonyl (C=O) groups excluding carboxylic acids is 3. The Morgan fingerprint density at radius 1 is 0.717 bits per heavy atom. The fraction of sp³-hybridized carbons (Fsp3) is 0.314. The molecule has 5 aromatic heterocycles. The molecule has 0 saturated heterocycles. The maximum Gasteiger partial charge on any atom is 0.273 e. The molecule has 18 nitrogen and oxygen atoms in total. The largest absolute Gasteiger partial charge is 0.446 e. The number of aromatic nitrogens is 5. The molecule has 2 unspecified atom stereocenters. The first-order valence-corrected chi connectivity index (χ1v) is 16.7. The molecule has 2 atom stereocenters. The van der Waals surface area contributed by atoms with E-state index in [1.165, 1.54) is 25.1 Å². The van der Waals surface area contributed by atoms with Gasteiger partial charge in [0.1, 0.15) is 43.4 Å². The van der Waals surface area contributed by atoms with E-state index in [0.29, 0.717) is 0 Å². The Morgan fingerprint density at radius 3 is 1.81 bits per heavy atom. The summed E-state index contributed by atoms with van der Waals surface area (Å²) in [4.78, 5) is 64.8. The number of nitrogens with one attached hydrogen (secondary N) is 4. The maximum absolute atomic E-state index is 13.9. The summed E-state index contributed by atoms with van der Waals surface area (Å²) in [6.07, 6.45) is 6.56. The summed E-state index contributed by atoms with van der Waals surface area (Å²) >= 11 is 0. The molecule has 1 aliphatic heterocycles. The van der Waals surface area contributed by atoms with Gasteiger partial charge < -0.3 is 48.3 Å². The Labute approximate surface area is 301 Å². The number of likely N-dealkylation sites (N-methyl/N-ethyl adjacent to an activating group) is 1. The first-order valence-electron chi connectivity index (χ1n) is 16.7. The molecule has 1 aromatic carbocycles. The summed E-state index contributed by atoms with van der Waals surface area (Å²) in [6, 6.07) is 5.47. The summed E-state index contributed by atoms with van der Waals surface area (Å²) < 4.78 is 27.9. The van der Waals surface area contributed by atoms with Gasteiger partial charge in [-0.15, -0.1) is 0 Å². The number of carbonyl (C=O) groups is 3. The fourth-order valence-corrected chi connectivity index (χ4v) is 5.38. The number of hydrogen-bond donors (Lipinski definition) is 4. The Bertz CT molecular complexity index is 2210. The zero-order chi connectivity index (χ0) is 37.1. The fourth-order valence-electron chi connectivity index (χ4n) is 5.38. The third kappa shape index (κ3) is 8.01. The quantitative estimate of drug-likeness (QED) is 0.185. The van der Waals surface area contributed by atoms with E-state index in [4.69, 9.17) is 22.1 Å². The molecule has 7 rings (SSSR count). The lowest BCUT2D eigenvalue weighted by Crippen LogP contribution is -2.56. The topological polar surface area (TPSA) is 233 Å². The highest BCUT2D eigenvalue weighted by Gasteiger charge is 2.30. The average Bonchev–Trinajstić information content (AvgIpc) is 3.98. The van der Waals surface area contributed by atoms with E-state index < -0.39 is 29.8 Å². The SMILES string of the molecule is CC(C)C1NC(=O)C(Cc2ccc(NCCN(C)C)cc2)NC(=O)c2coc(n2)-c2coc(n2)-c2coc(n2)-c2coc(n2)-c2coc(n2)CNC1=O. The van der Waals surface area contributed by atoms with Crippen molar-refractivity contribution in [3.63, 3.8) is 0 Å². The third-order valence-electron chi connectivity index (χ3n) is 8.24. The second-order valence-electron chi connectivity index (χ2n) is 12.9. The van der Waals surface area contributed by atoms with Crippen LogP contribution in [0.2, 0.25) is 0 Å². The number of oxazole rings is 5. The van der Waals surface area contributed by atoms with E-state index in [9.17, 15) is 14.4 Å². The summed E-state index contributed by atoms with van der Waals surface area (Å²) in [5.41, 5.74) is 2.55. The van der Waals surface area contributed by atoms with Crippen molar-refractivity contribution in [3.8, 4) is 46.3 Å². The molecule has 0 radical (unpaired) electrons. The molecule has 18 heteroatoms. The molecular weight excluding hydrogens is 688 g/mol. The van der Waals surface area contributed by atoms with Crippen LogP contribution in [0.15, 0.2) is 77.7 Å². The number of rotatable bonds is 7. The zero-order valence-electron chi connectivity index (χ0n) is 29.2. The number of hydrogen-bond acceptors (Lipinski definition) is 15. The minimum atomic E-state index is -1.10. The van der Waals surface area contributed by atoms with Crippen LogP contribution < -0.4 is 21.3 Å². The van der Waals surface area contributed by atoms with E-state index in [2.05, 4.69) is 51.1 Å². The molecule has 3 amide bonds. The summed E-state index contributed by atoms with van der Waals surface area (Å²) in [5, 5.41) is 11.7. The van der Waals surface area contributed by atoms with Crippen molar-refractivity contribution in [2.45, 2.75) is 38.9 Å². The van der Waals surface area contributed by atoms with Crippen molar-refractivity contribution < 1.29 is 36.5 Å². The van der Waals surface area contributed by atoms with Gasteiger partial charge in [-0.1, -0.05) is 26.0 Å². The maximum atomic E-state index is 13.9. The van der Waals surface area contributed by atoms with E-state index in [0.717, 1.165) is 30.6 Å². The van der Waals surface area contributed by atoms with E-state index >= 15 is 0 Å². The first-order chi connectivity index (χ1) is 25.6. The van der Waals surface area contributed by atoms with E-state index in [-0.39, 0.29) is 76.8 Å². The summed E-state index contributed by atoms with van der Waals surface area (Å²) in [7, 11) is 3.99. The smallest absolute Gasteiger partial charge is 0.273 e. The van der Waals surface area contributed by atoms with Crippen LogP contribution in [0.25, 0.3) is 46.3 Å². The standard InChI is InChI=1S/C35H36N10O8/c1-18(2)28-31(48)37-12-27-38-23(14-49-27)32-41-25(16-51-32)34-43-26(17-53-34)35-42-24(15-52-35)33-40-22(13-50-33)30(47)39-21(29(46)44-28)11-19-5-7-20(8-6-19)36-9-10-45(3)4/h5-8,13-18,21,28,36H,9-12H2,1-4H3,(H,37,48)(H,39,47)(H,44,46).